The molecule has 1 aromatic rings. The van der Waals surface area contributed by atoms with Crippen LogP contribution in [0, 0.1) is 5.41 Å². The van der Waals surface area contributed by atoms with Crippen molar-refractivity contribution in [1.29, 1.82) is 5.41 Å². The average Bonchev–Trinajstić information content (AvgIpc) is 2.37. The van der Waals surface area contributed by atoms with Gasteiger partial charge >= 0.3 is 8.80 Å². The van der Waals surface area contributed by atoms with E-state index >= 15 is 0 Å². The molecular formula is C11H17NO3Si. The van der Waals surface area contributed by atoms with Crippen LogP contribution in [0.25, 0.3) is 0 Å². The number of hydrogen-bond donors (Lipinski definition) is 1. The van der Waals surface area contributed by atoms with Crippen molar-refractivity contribution in [3.63, 3.8) is 0 Å². The van der Waals surface area contributed by atoms with Crippen molar-refractivity contribution in [2.24, 2.45) is 0 Å². The van der Waals surface area contributed by atoms with E-state index < -0.39 is 8.80 Å². The van der Waals surface area contributed by atoms with Gasteiger partial charge in [-0.3, -0.25) is 0 Å². The van der Waals surface area contributed by atoms with Crippen molar-refractivity contribution in [1.82, 2.24) is 0 Å². The summed E-state index contributed by atoms with van der Waals surface area (Å²) in [5, 5.41) is 7.53. The van der Waals surface area contributed by atoms with E-state index in [1.807, 2.05) is 30.3 Å². The largest absolute Gasteiger partial charge is 0.513 e. The summed E-state index contributed by atoms with van der Waals surface area (Å²) in [6, 6.07) is 9.65. The second-order valence-electron chi connectivity index (χ2n) is 3.27. The third-order valence-corrected chi connectivity index (χ3v) is 5.53. The topological polar surface area (TPSA) is 51.5 Å². The van der Waals surface area contributed by atoms with Crippen LogP contribution in [0.2, 0.25) is 0 Å². The molecule has 1 unspecified atom stereocenters. The van der Waals surface area contributed by atoms with Crippen LogP contribution in [-0.2, 0) is 13.3 Å². The van der Waals surface area contributed by atoms with Crippen LogP contribution in [0.3, 0.4) is 0 Å². The highest BCUT2D eigenvalue weighted by atomic mass is 28.4. The van der Waals surface area contributed by atoms with Crippen molar-refractivity contribution >= 4 is 15.0 Å². The molecule has 1 aromatic carbocycles. The summed E-state index contributed by atoms with van der Waals surface area (Å²) < 4.78 is 16.2. The third-order valence-electron chi connectivity index (χ3n) is 2.56. The molecule has 1 atom stereocenters. The zero-order valence-electron chi connectivity index (χ0n) is 9.77. The van der Waals surface area contributed by atoms with E-state index in [0.717, 1.165) is 5.56 Å². The average molecular weight is 239 g/mol. The first-order valence-electron chi connectivity index (χ1n) is 4.95. The summed E-state index contributed by atoms with van der Waals surface area (Å²) >= 11 is 0. The Kier molecular flexibility index (Phi) is 4.82. The number of benzene rings is 1. The van der Waals surface area contributed by atoms with E-state index in [2.05, 4.69) is 0 Å². The summed E-state index contributed by atoms with van der Waals surface area (Å²) in [6.45, 7) is 0. The lowest BCUT2D eigenvalue weighted by Gasteiger charge is -2.30. The predicted octanol–water partition coefficient (Wildman–Crippen LogP) is 1.84. The fraction of sp³-hybridized carbons (Fsp3) is 0.364. The van der Waals surface area contributed by atoms with Gasteiger partial charge in [-0.05, 0) is 5.56 Å². The molecule has 4 nitrogen and oxygen atoms in total. The molecule has 5 heteroatoms. The van der Waals surface area contributed by atoms with Gasteiger partial charge in [-0.2, -0.15) is 0 Å². The Bertz CT molecular complexity index is 319. The quantitative estimate of drug-likeness (QED) is 0.608. The zero-order chi connectivity index (χ0) is 12.0. The van der Waals surface area contributed by atoms with E-state index in [9.17, 15) is 0 Å². The zero-order valence-corrected chi connectivity index (χ0v) is 10.8. The number of rotatable bonds is 6. The maximum absolute atomic E-state index is 7.53. The molecule has 0 amide bonds. The van der Waals surface area contributed by atoms with Crippen molar-refractivity contribution in [2.45, 2.75) is 5.54 Å². The molecule has 0 aliphatic rings. The SMILES string of the molecule is CO[Si](OC)(OC)C(C=N)c1ccccc1. The molecule has 0 aliphatic carbocycles. The van der Waals surface area contributed by atoms with Gasteiger partial charge in [0.1, 0.15) is 0 Å². The fourth-order valence-corrected chi connectivity index (χ4v) is 3.76. The molecule has 0 radical (unpaired) electrons. The first-order chi connectivity index (χ1) is 7.74. The van der Waals surface area contributed by atoms with Crippen LogP contribution < -0.4 is 0 Å². The molecule has 16 heavy (non-hydrogen) atoms. The Labute approximate surface area is 97.0 Å². The first kappa shape index (κ1) is 13.1. The Morgan fingerprint density at radius 3 is 1.94 bits per heavy atom. The fourth-order valence-electron chi connectivity index (χ4n) is 1.69. The van der Waals surface area contributed by atoms with E-state index in [4.69, 9.17) is 18.7 Å². The van der Waals surface area contributed by atoms with Crippen LogP contribution in [0.15, 0.2) is 30.3 Å². The van der Waals surface area contributed by atoms with Gasteiger partial charge in [0.25, 0.3) is 0 Å². The molecule has 0 heterocycles. The Balaban J connectivity index is 3.10. The normalized spacial score (nSPS) is 13.4. The van der Waals surface area contributed by atoms with E-state index in [0.29, 0.717) is 0 Å². The predicted molar refractivity (Wildman–Crippen MR) is 64.7 cm³/mol. The minimum absolute atomic E-state index is 0.270. The Morgan fingerprint density at radius 1 is 1.06 bits per heavy atom. The molecule has 0 saturated heterocycles. The van der Waals surface area contributed by atoms with Gasteiger partial charge in [-0.1, -0.05) is 30.3 Å². The molecule has 1 rings (SSSR count). The van der Waals surface area contributed by atoms with E-state index in [1.165, 1.54) is 6.21 Å². The minimum atomic E-state index is -2.83. The summed E-state index contributed by atoms with van der Waals surface area (Å²) in [4.78, 5) is 0. The lowest BCUT2D eigenvalue weighted by atomic mass is 10.2. The summed E-state index contributed by atoms with van der Waals surface area (Å²) in [7, 11) is 1.83. The van der Waals surface area contributed by atoms with Crippen LogP contribution in [0.5, 0.6) is 0 Å². The molecule has 88 valence electrons. The molecule has 0 spiro atoms. The van der Waals surface area contributed by atoms with Crippen LogP contribution in [0.4, 0.5) is 0 Å². The van der Waals surface area contributed by atoms with Crippen LogP contribution >= 0.6 is 0 Å². The second kappa shape index (κ2) is 5.91. The van der Waals surface area contributed by atoms with E-state index in [-0.39, 0.29) is 5.54 Å². The molecule has 0 fully saturated rings. The molecule has 0 bridgehead atoms. The minimum Gasteiger partial charge on any atom is -0.376 e. The Hall–Kier alpha value is -1.01. The van der Waals surface area contributed by atoms with Gasteiger partial charge in [0.15, 0.2) is 0 Å². The molecular weight excluding hydrogens is 222 g/mol. The van der Waals surface area contributed by atoms with Gasteiger partial charge in [-0.25, -0.2) is 0 Å². The standard InChI is InChI=1S/C11H17NO3Si/c1-13-16(14-2,15-3)11(9-12)10-7-5-4-6-8-10/h4-9,11-12H,1-3H3. The van der Waals surface area contributed by atoms with Gasteiger partial charge in [0.2, 0.25) is 0 Å². The van der Waals surface area contributed by atoms with Gasteiger partial charge in [-0.15, -0.1) is 0 Å². The first-order valence-corrected chi connectivity index (χ1v) is 6.75. The van der Waals surface area contributed by atoms with E-state index in [1.54, 1.807) is 21.3 Å². The summed E-state index contributed by atoms with van der Waals surface area (Å²) in [5.74, 6) is 0. The number of nitrogens with one attached hydrogen (secondary N) is 1. The van der Waals surface area contributed by atoms with Crippen molar-refractivity contribution in [3.8, 4) is 0 Å². The highest BCUT2D eigenvalue weighted by Gasteiger charge is 2.47. The van der Waals surface area contributed by atoms with Crippen LogP contribution in [-0.4, -0.2) is 36.3 Å². The molecule has 0 aliphatic heterocycles. The van der Waals surface area contributed by atoms with Crippen molar-refractivity contribution in [3.05, 3.63) is 35.9 Å². The summed E-state index contributed by atoms with van der Waals surface area (Å²) in [6.07, 6.45) is 1.32. The van der Waals surface area contributed by atoms with Gasteiger partial charge < -0.3 is 18.7 Å². The van der Waals surface area contributed by atoms with Gasteiger partial charge in [0.05, 0.1) is 5.54 Å². The molecule has 0 aromatic heterocycles. The maximum atomic E-state index is 7.53. The summed E-state index contributed by atoms with van der Waals surface area (Å²) in [5.41, 5.74) is 0.698. The van der Waals surface area contributed by atoms with Crippen LogP contribution in [0.1, 0.15) is 11.1 Å². The highest BCUT2D eigenvalue weighted by molar-refractivity contribution is 6.65. The van der Waals surface area contributed by atoms with Crippen molar-refractivity contribution in [2.75, 3.05) is 21.3 Å². The lowest BCUT2D eigenvalue weighted by Crippen LogP contribution is -2.50. The second-order valence-corrected chi connectivity index (χ2v) is 6.32. The Morgan fingerprint density at radius 2 is 1.56 bits per heavy atom. The molecule has 0 saturated carbocycles. The number of hydrogen-bond acceptors (Lipinski definition) is 4. The smallest absolute Gasteiger partial charge is 0.376 e. The highest BCUT2D eigenvalue weighted by Crippen LogP contribution is 2.26. The van der Waals surface area contributed by atoms with Gasteiger partial charge in [0, 0.05) is 27.5 Å². The maximum Gasteiger partial charge on any atom is 0.513 e. The van der Waals surface area contributed by atoms with Crippen molar-refractivity contribution < 1.29 is 13.3 Å². The monoisotopic (exact) mass is 239 g/mol. The third kappa shape index (κ3) is 2.38. The lowest BCUT2D eigenvalue weighted by molar-refractivity contribution is 0.120. The molecule has 1 N–H and O–H groups in total.